The lowest BCUT2D eigenvalue weighted by Crippen LogP contribution is -2.16. The van der Waals surface area contributed by atoms with Crippen molar-refractivity contribution in [1.82, 2.24) is 10.3 Å². The van der Waals surface area contributed by atoms with Crippen LogP contribution >= 0.6 is 23.2 Å². The van der Waals surface area contributed by atoms with Gasteiger partial charge in [0.15, 0.2) is 11.5 Å². The van der Waals surface area contributed by atoms with Gasteiger partial charge in [0.2, 0.25) is 0 Å². The molecule has 4 nitrogen and oxygen atoms in total. The second-order valence-corrected chi connectivity index (χ2v) is 8.16. The molecule has 4 aromatic rings. The molecular formula is C25H24Cl2N2O2. The summed E-state index contributed by atoms with van der Waals surface area (Å²) in [6.45, 7) is 1.90. The van der Waals surface area contributed by atoms with Gasteiger partial charge in [-0.25, -0.2) is 0 Å². The van der Waals surface area contributed by atoms with E-state index in [1.807, 2.05) is 42.5 Å². The Labute approximate surface area is 192 Å². The molecule has 31 heavy (non-hydrogen) atoms. The molecule has 0 bridgehead atoms. The number of para-hydroxylation sites is 1. The van der Waals surface area contributed by atoms with E-state index in [0.717, 1.165) is 24.1 Å². The van der Waals surface area contributed by atoms with Gasteiger partial charge in [0.1, 0.15) is 6.61 Å². The van der Waals surface area contributed by atoms with E-state index in [-0.39, 0.29) is 0 Å². The van der Waals surface area contributed by atoms with Gasteiger partial charge in [-0.15, -0.1) is 0 Å². The minimum absolute atomic E-state index is 0.360. The van der Waals surface area contributed by atoms with Gasteiger partial charge in [-0.2, -0.15) is 0 Å². The molecule has 0 amide bonds. The predicted molar refractivity (Wildman–Crippen MR) is 127 cm³/mol. The molecule has 1 aromatic heterocycles. The van der Waals surface area contributed by atoms with Crippen molar-refractivity contribution >= 4 is 34.1 Å². The van der Waals surface area contributed by atoms with Crippen molar-refractivity contribution in [2.45, 2.75) is 19.6 Å². The highest BCUT2D eigenvalue weighted by Gasteiger charge is 2.13. The third kappa shape index (κ3) is 5.34. The van der Waals surface area contributed by atoms with Crippen LogP contribution in [0.1, 0.15) is 16.7 Å². The minimum Gasteiger partial charge on any atom is -0.493 e. The second-order valence-electron chi connectivity index (χ2n) is 7.31. The second kappa shape index (κ2) is 10.1. The third-order valence-electron chi connectivity index (χ3n) is 5.14. The van der Waals surface area contributed by atoms with Gasteiger partial charge in [-0.3, -0.25) is 0 Å². The number of hydrogen-bond donors (Lipinski definition) is 2. The predicted octanol–water partition coefficient (Wildman–Crippen LogP) is 6.39. The van der Waals surface area contributed by atoms with Crippen molar-refractivity contribution in [3.05, 3.63) is 93.6 Å². The first-order chi connectivity index (χ1) is 15.1. The van der Waals surface area contributed by atoms with Gasteiger partial charge >= 0.3 is 0 Å². The smallest absolute Gasteiger partial charge is 0.180 e. The van der Waals surface area contributed by atoms with E-state index in [4.69, 9.17) is 32.7 Å². The monoisotopic (exact) mass is 454 g/mol. The molecule has 0 spiro atoms. The molecule has 0 fully saturated rings. The van der Waals surface area contributed by atoms with Gasteiger partial charge in [-0.05, 0) is 60.0 Å². The summed E-state index contributed by atoms with van der Waals surface area (Å²) in [5.41, 5.74) is 4.48. The van der Waals surface area contributed by atoms with E-state index >= 15 is 0 Å². The molecule has 4 rings (SSSR count). The van der Waals surface area contributed by atoms with Crippen LogP contribution in [0.5, 0.6) is 11.5 Å². The minimum atomic E-state index is 0.360. The molecule has 0 unspecified atom stereocenters. The molecule has 6 heteroatoms. The fraction of sp³-hybridized carbons (Fsp3) is 0.200. The zero-order valence-electron chi connectivity index (χ0n) is 17.3. The first kappa shape index (κ1) is 21.6. The first-order valence-corrected chi connectivity index (χ1v) is 10.9. The zero-order chi connectivity index (χ0) is 21.6. The van der Waals surface area contributed by atoms with Gasteiger partial charge in [0.25, 0.3) is 0 Å². The van der Waals surface area contributed by atoms with Crippen molar-refractivity contribution in [3.63, 3.8) is 0 Å². The lowest BCUT2D eigenvalue weighted by Gasteiger charge is -2.15. The van der Waals surface area contributed by atoms with Crippen molar-refractivity contribution < 1.29 is 9.47 Å². The normalized spacial score (nSPS) is 11.1. The molecule has 160 valence electrons. The Hall–Kier alpha value is -2.66. The van der Waals surface area contributed by atoms with Crippen LogP contribution in [0.25, 0.3) is 10.9 Å². The highest BCUT2D eigenvalue weighted by atomic mass is 35.5. The maximum atomic E-state index is 6.51. The number of halogens is 2. The number of aromatic nitrogens is 1. The summed E-state index contributed by atoms with van der Waals surface area (Å²) >= 11 is 12.6. The Morgan fingerprint density at radius 3 is 2.68 bits per heavy atom. The van der Waals surface area contributed by atoms with Crippen LogP contribution in [0.4, 0.5) is 0 Å². The maximum absolute atomic E-state index is 6.51. The summed E-state index contributed by atoms with van der Waals surface area (Å²) in [5.74, 6) is 1.15. The molecule has 0 aliphatic carbocycles. The quantitative estimate of drug-likeness (QED) is 0.287. The molecule has 3 aromatic carbocycles. The van der Waals surface area contributed by atoms with Gasteiger partial charge in [0, 0.05) is 28.7 Å². The Morgan fingerprint density at radius 2 is 1.84 bits per heavy atom. The summed E-state index contributed by atoms with van der Waals surface area (Å²) < 4.78 is 11.5. The van der Waals surface area contributed by atoms with Crippen LogP contribution in [-0.4, -0.2) is 18.6 Å². The van der Waals surface area contributed by atoms with Crippen LogP contribution in [0.15, 0.2) is 66.9 Å². The lowest BCUT2D eigenvalue weighted by atomic mass is 10.1. The van der Waals surface area contributed by atoms with E-state index in [1.54, 1.807) is 7.11 Å². The number of aromatic amines is 1. The summed E-state index contributed by atoms with van der Waals surface area (Å²) in [7, 11) is 1.62. The summed E-state index contributed by atoms with van der Waals surface area (Å²) in [5, 5.41) is 5.95. The molecule has 1 heterocycles. The average molecular weight is 455 g/mol. The SMILES string of the molecule is COc1cc(CNCCc2c[nH]c3ccccc23)cc(Cl)c1OCc1cccc(Cl)c1. The van der Waals surface area contributed by atoms with Crippen LogP contribution < -0.4 is 14.8 Å². The van der Waals surface area contributed by atoms with Crippen LogP contribution in [0.2, 0.25) is 10.0 Å². The highest BCUT2D eigenvalue weighted by molar-refractivity contribution is 6.32. The van der Waals surface area contributed by atoms with Crippen molar-refractivity contribution in [2.24, 2.45) is 0 Å². The Balaban J connectivity index is 1.36. The maximum Gasteiger partial charge on any atom is 0.180 e. The fourth-order valence-electron chi connectivity index (χ4n) is 3.59. The Bertz CT molecular complexity index is 1170. The Kier molecular flexibility index (Phi) is 7.03. The van der Waals surface area contributed by atoms with Crippen molar-refractivity contribution in [1.29, 1.82) is 0 Å². The number of rotatable bonds is 9. The van der Waals surface area contributed by atoms with Crippen LogP contribution in [0, 0.1) is 0 Å². The number of H-pyrrole nitrogens is 1. The number of fused-ring (bicyclic) bond motifs is 1. The molecule has 0 radical (unpaired) electrons. The number of ether oxygens (including phenoxy) is 2. The highest BCUT2D eigenvalue weighted by Crippen LogP contribution is 2.37. The van der Waals surface area contributed by atoms with Crippen LogP contribution in [0.3, 0.4) is 0 Å². The number of nitrogens with one attached hydrogen (secondary N) is 2. The number of benzene rings is 3. The summed E-state index contributed by atoms with van der Waals surface area (Å²) in [4.78, 5) is 3.32. The van der Waals surface area contributed by atoms with Gasteiger partial charge in [0.05, 0.1) is 12.1 Å². The summed E-state index contributed by atoms with van der Waals surface area (Å²) in [6, 6.07) is 19.8. The van der Waals surface area contributed by atoms with Gasteiger partial charge < -0.3 is 19.8 Å². The lowest BCUT2D eigenvalue weighted by molar-refractivity contribution is 0.284. The van der Waals surface area contributed by atoms with E-state index in [0.29, 0.717) is 34.7 Å². The van der Waals surface area contributed by atoms with Crippen LogP contribution in [-0.2, 0) is 19.6 Å². The number of methoxy groups -OCH3 is 1. The third-order valence-corrected chi connectivity index (χ3v) is 5.65. The molecule has 0 saturated carbocycles. The first-order valence-electron chi connectivity index (χ1n) is 10.1. The summed E-state index contributed by atoms with van der Waals surface area (Å²) in [6.07, 6.45) is 3.02. The molecular weight excluding hydrogens is 431 g/mol. The number of hydrogen-bond acceptors (Lipinski definition) is 3. The molecule has 0 saturated heterocycles. The van der Waals surface area contributed by atoms with E-state index in [2.05, 4.69) is 34.7 Å². The van der Waals surface area contributed by atoms with Gasteiger partial charge in [-0.1, -0.05) is 53.5 Å². The molecule has 2 N–H and O–H groups in total. The van der Waals surface area contributed by atoms with E-state index < -0.39 is 0 Å². The Morgan fingerprint density at radius 1 is 0.968 bits per heavy atom. The zero-order valence-corrected chi connectivity index (χ0v) is 18.8. The molecule has 0 aliphatic rings. The molecule has 0 aliphatic heterocycles. The van der Waals surface area contributed by atoms with E-state index in [1.165, 1.54) is 16.5 Å². The van der Waals surface area contributed by atoms with Crippen molar-refractivity contribution in [3.8, 4) is 11.5 Å². The van der Waals surface area contributed by atoms with Crippen molar-refractivity contribution in [2.75, 3.05) is 13.7 Å². The average Bonchev–Trinajstić information content (AvgIpc) is 3.19. The molecule has 0 atom stereocenters. The van der Waals surface area contributed by atoms with E-state index in [9.17, 15) is 0 Å². The fourth-order valence-corrected chi connectivity index (χ4v) is 4.09. The standard InChI is InChI=1S/C25H24Cl2N2O2/c1-30-24-13-18(12-22(27)25(24)31-16-17-5-4-6-20(26)11-17)14-28-10-9-19-15-29-23-8-3-2-7-21(19)23/h2-8,11-13,15,28-29H,9-10,14,16H2,1H3. The topological polar surface area (TPSA) is 46.3 Å². The largest absolute Gasteiger partial charge is 0.493 e.